The second-order valence-electron chi connectivity index (χ2n) is 16.1. The molecule has 4 amide bonds. The molecule has 4 heterocycles. The molecule has 1 saturated carbocycles. The predicted octanol–water partition coefficient (Wildman–Crippen LogP) is 3.72. The van der Waals surface area contributed by atoms with Crippen LogP contribution in [-0.2, 0) is 4.74 Å². The molecule has 1 saturated heterocycles. The molecule has 0 radical (unpaired) electrons. The largest absolute Gasteiger partial charge is 0.444 e. The summed E-state index contributed by atoms with van der Waals surface area (Å²) in [7, 11) is 0. The van der Waals surface area contributed by atoms with Crippen molar-refractivity contribution in [3.8, 4) is 0 Å². The fraction of sp³-hybridized carbons (Fsp3) is 0.419. The first-order valence-corrected chi connectivity index (χ1v) is 20.4. The molecule has 0 spiro atoms. The third kappa shape index (κ3) is 10.3. The number of hydrogen-bond acceptors (Lipinski definition) is 12. The van der Waals surface area contributed by atoms with Crippen molar-refractivity contribution < 1.29 is 29.3 Å². The molecule has 60 heavy (non-hydrogen) atoms. The van der Waals surface area contributed by atoms with Crippen molar-refractivity contribution in [3.05, 3.63) is 108 Å². The number of aromatic nitrogens is 5. The van der Waals surface area contributed by atoms with Gasteiger partial charge in [-0.3, -0.25) is 4.79 Å². The summed E-state index contributed by atoms with van der Waals surface area (Å²) in [4.78, 5) is 59.6. The maximum Gasteiger partial charge on any atom is 0.407 e. The van der Waals surface area contributed by atoms with E-state index in [1.807, 2.05) is 54.6 Å². The summed E-state index contributed by atoms with van der Waals surface area (Å²) in [6.07, 6.45) is 1.60. The van der Waals surface area contributed by atoms with Gasteiger partial charge in [0.05, 0.1) is 18.4 Å². The molecule has 4 atom stereocenters. The average Bonchev–Trinajstić information content (AvgIpc) is 3.79. The Kier molecular flexibility index (Phi) is 13.0. The van der Waals surface area contributed by atoms with Gasteiger partial charge in [-0.05, 0) is 63.3 Å². The van der Waals surface area contributed by atoms with Gasteiger partial charge in [0.1, 0.15) is 29.1 Å². The van der Waals surface area contributed by atoms with Crippen molar-refractivity contribution in [2.24, 2.45) is 0 Å². The van der Waals surface area contributed by atoms with E-state index in [-0.39, 0.29) is 49.0 Å². The zero-order valence-corrected chi connectivity index (χ0v) is 34.0. The van der Waals surface area contributed by atoms with E-state index in [1.165, 1.54) is 6.33 Å². The maximum absolute atomic E-state index is 13.7. The van der Waals surface area contributed by atoms with Crippen LogP contribution in [0.5, 0.6) is 0 Å². The summed E-state index contributed by atoms with van der Waals surface area (Å²) in [5.41, 5.74) is 1.98. The number of aliphatic hydroxyl groups is 2. The van der Waals surface area contributed by atoms with Crippen molar-refractivity contribution >= 4 is 40.8 Å². The van der Waals surface area contributed by atoms with Gasteiger partial charge in [0.25, 0.3) is 5.91 Å². The number of aliphatic hydroxyl groups excluding tert-OH is 2. The molecule has 2 aliphatic rings. The fourth-order valence-corrected chi connectivity index (χ4v) is 7.73. The maximum atomic E-state index is 13.7. The topological polar surface area (TPSA) is 221 Å². The van der Waals surface area contributed by atoms with Gasteiger partial charge in [-0.1, -0.05) is 66.7 Å². The van der Waals surface area contributed by atoms with E-state index in [2.05, 4.69) is 75.7 Å². The van der Waals surface area contributed by atoms with E-state index in [1.54, 1.807) is 31.5 Å². The van der Waals surface area contributed by atoms with Crippen molar-refractivity contribution in [1.82, 2.24) is 45.8 Å². The number of fused-ring (bicyclic) bond motifs is 1. The Labute approximate surface area is 348 Å². The summed E-state index contributed by atoms with van der Waals surface area (Å²) >= 11 is 0. The van der Waals surface area contributed by atoms with Crippen LogP contribution in [0.2, 0.25) is 0 Å². The quantitative estimate of drug-likeness (QED) is 0.0846. The van der Waals surface area contributed by atoms with Crippen LogP contribution in [0.15, 0.2) is 91.4 Å². The number of nitrogens with one attached hydrogen (secondary N) is 5. The minimum atomic E-state index is -1.32. The summed E-state index contributed by atoms with van der Waals surface area (Å²) in [5.74, 6) is 0.378. The SMILES string of the molecule is CC(C)(C)OC(=O)N[C@H]1C[C@@H](n2cnc3c(NCC(c4ccccc4)c4ccccc4)nc(C(=O)NCCNC(=O)NC4CCN(c5ccccn5)CC4)nc32)[C@H](O)[C@@H]1O. The van der Waals surface area contributed by atoms with Crippen LogP contribution in [0.1, 0.15) is 73.7 Å². The van der Waals surface area contributed by atoms with E-state index in [0.717, 1.165) is 42.9 Å². The highest BCUT2D eigenvalue weighted by Crippen LogP contribution is 2.35. The van der Waals surface area contributed by atoms with Gasteiger partial charge in [0.15, 0.2) is 11.5 Å². The van der Waals surface area contributed by atoms with Crippen LogP contribution in [0, 0.1) is 0 Å². The molecular weight excluding hydrogens is 767 g/mol. The number of alkyl carbamates (subject to hydrolysis) is 1. The predicted molar refractivity (Wildman–Crippen MR) is 226 cm³/mol. The molecule has 0 unspecified atom stereocenters. The lowest BCUT2D eigenvalue weighted by atomic mass is 9.91. The summed E-state index contributed by atoms with van der Waals surface area (Å²) in [6.45, 7) is 7.41. The molecule has 1 aliphatic carbocycles. The number of pyridine rings is 1. The number of piperidine rings is 1. The fourth-order valence-electron chi connectivity index (χ4n) is 7.73. The third-order valence-electron chi connectivity index (χ3n) is 10.7. The van der Waals surface area contributed by atoms with Crippen LogP contribution in [0.4, 0.5) is 21.2 Å². The lowest BCUT2D eigenvalue weighted by Gasteiger charge is -2.33. The Balaban J connectivity index is 1.05. The average molecular weight is 820 g/mol. The number of anilines is 2. The van der Waals surface area contributed by atoms with Crippen molar-refractivity contribution in [2.45, 2.75) is 81.9 Å². The molecule has 17 nitrogen and oxygen atoms in total. The van der Waals surface area contributed by atoms with Gasteiger partial charge in [-0.25, -0.2) is 29.5 Å². The second-order valence-corrected chi connectivity index (χ2v) is 16.1. The molecule has 0 bridgehead atoms. The summed E-state index contributed by atoms with van der Waals surface area (Å²) in [5, 5.41) is 37.0. The standard InChI is InChI=1S/C43H53N11O6/c1-43(2,3)60-42(59)50-31-24-32(36(56)35(31)55)54-26-48-34-37(47-25-30(27-12-6-4-7-13-27)28-14-8-5-9-15-28)51-38(52-39(34)54)40(57)45-20-21-46-41(58)49-29-17-22-53(23-18-29)33-16-10-11-19-44-33/h4-16,19,26,29-32,35-36,55-56H,17-18,20-25H2,1-3H3,(H,45,57)(H,50,59)(H2,46,49,58)(H,47,51,52)/t31-,32+,35+,36-/m0/s1. The van der Waals surface area contributed by atoms with E-state index in [9.17, 15) is 24.6 Å². The first-order chi connectivity index (χ1) is 28.9. The number of carbonyl (C=O) groups is 3. The molecule has 7 N–H and O–H groups in total. The van der Waals surface area contributed by atoms with Gasteiger partial charge < -0.3 is 51.0 Å². The minimum Gasteiger partial charge on any atom is -0.444 e. The summed E-state index contributed by atoms with van der Waals surface area (Å²) < 4.78 is 6.99. The van der Waals surface area contributed by atoms with E-state index in [0.29, 0.717) is 17.9 Å². The lowest BCUT2D eigenvalue weighted by molar-refractivity contribution is 0.00906. The van der Waals surface area contributed by atoms with E-state index in [4.69, 9.17) is 4.74 Å². The number of carbonyl (C=O) groups excluding carboxylic acids is 3. The van der Waals surface area contributed by atoms with Crippen molar-refractivity contribution in [1.29, 1.82) is 0 Å². The highest BCUT2D eigenvalue weighted by Gasteiger charge is 2.44. The number of amides is 4. The third-order valence-corrected chi connectivity index (χ3v) is 10.7. The first-order valence-electron chi connectivity index (χ1n) is 20.4. The Morgan fingerprint density at radius 3 is 2.15 bits per heavy atom. The second kappa shape index (κ2) is 18.7. The van der Waals surface area contributed by atoms with E-state index < -0.39 is 41.9 Å². The monoisotopic (exact) mass is 819 g/mol. The number of nitrogens with zero attached hydrogens (tertiary/aromatic N) is 6. The Bertz CT molecular complexity index is 2170. The zero-order valence-electron chi connectivity index (χ0n) is 34.0. The number of hydrogen-bond donors (Lipinski definition) is 7. The lowest BCUT2D eigenvalue weighted by Crippen LogP contribution is -2.49. The van der Waals surface area contributed by atoms with Crippen LogP contribution in [-0.4, -0.2) is 115 Å². The normalized spacial score (nSPS) is 19.5. The minimum absolute atomic E-state index is 0.0155. The Morgan fingerprint density at radius 2 is 1.50 bits per heavy atom. The van der Waals surface area contributed by atoms with Crippen LogP contribution in [0.25, 0.3) is 11.2 Å². The molecule has 17 heteroatoms. The Hall–Kier alpha value is -6.33. The van der Waals surface area contributed by atoms with Gasteiger partial charge in [0, 0.05) is 50.9 Å². The van der Waals surface area contributed by atoms with Crippen LogP contribution < -0.4 is 31.5 Å². The molecule has 1 aliphatic heterocycles. The van der Waals surface area contributed by atoms with Gasteiger partial charge >= 0.3 is 12.1 Å². The highest BCUT2D eigenvalue weighted by molar-refractivity contribution is 5.94. The molecule has 5 aromatic rings. The number of imidazole rings is 1. The van der Waals surface area contributed by atoms with Crippen LogP contribution >= 0.6 is 0 Å². The molecular formula is C43H53N11O6. The van der Waals surface area contributed by atoms with Gasteiger partial charge in [-0.2, -0.15) is 0 Å². The number of ether oxygens (including phenoxy) is 1. The van der Waals surface area contributed by atoms with Gasteiger partial charge in [0.2, 0.25) is 5.82 Å². The smallest absolute Gasteiger partial charge is 0.407 e. The first kappa shape index (κ1) is 41.8. The van der Waals surface area contributed by atoms with Crippen molar-refractivity contribution in [3.63, 3.8) is 0 Å². The number of rotatable bonds is 13. The molecule has 2 aromatic carbocycles. The molecule has 2 fully saturated rings. The zero-order chi connectivity index (χ0) is 42.2. The number of benzene rings is 2. The van der Waals surface area contributed by atoms with Crippen molar-refractivity contribution in [2.75, 3.05) is 42.9 Å². The van der Waals surface area contributed by atoms with Crippen LogP contribution in [0.3, 0.4) is 0 Å². The highest BCUT2D eigenvalue weighted by atomic mass is 16.6. The molecule has 3 aromatic heterocycles. The molecule has 316 valence electrons. The summed E-state index contributed by atoms with van der Waals surface area (Å²) in [6, 6.07) is 24.0. The number of urea groups is 1. The van der Waals surface area contributed by atoms with Gasteiger partial charge in [-0.15, -0.1) is 0 Å². The molecule has 7 rings (SSSR count). The van der Waals surface area contributed by atoms with E-state index >= 15 is 0 Å². The Morgan fingerprint density at radius 1 is 0.833 bits per heavy atom.